The summed E-state index contributed by atoms with van der Waals surface area (Å²) < 4.78 is 11.0. The van der Waals surface area contributed by atoms with Crippen molar-refractivity contribution in [2.45, 2.75) is 57.6 Å². The Morgan fingerprint density at radius 3 is 2.71 bits per heavy atom. The molecular weight excluding hydrogens is 266 g/mol. The summed E-state index contributed by atoms with van der Waals surface area (Å²) in [6.07, 6.45) is 9.72. The highest BCUT2D eigenvalue weighted by atomic mass is 16.5. The first kappa shape index (κ1) is 14.6. The maximum Gasteiger partial charge on any atom is 0.252 e. The van der Waals surface area contributed by atoms with Crippen LogP contribution in [0.3, 0.4) is 0 Å². The van der Waals surface area contributed by atoms with E-state index < -0.39 is 0 Å². The van der Waals surface area contributed by atoms with Crippen LogP contribution in [-0.2, 0) is 16.1 Å². The zero-order chi connectivity index (χ0) is 14.5. The Labute approximate surface area is 126 Å². The summed E-state index contributed by atoms with van der Waals surface area (Å²) in [6, 6.07) is 3.82. The van der Waals surface area contributed by atoms with Crippen molar-refractivity contribution in [2.24, 2.45) is 5.92 Å². The third-order valence-electron chi connectivity index (χ3n) is 4.65. The molecule has 1 aliphatic heterocycles. The molecule has 1 saturated heterocycles. The maximum atomic E-state index is 12.7. The molecule has 2 fully saturated rings. The lowest BCUT2D eigenvalue weighted by atomic mass is 9.89. The number of amides is 1. The molecule has 0 unspecified atom stereocenters. The van der Waals surface area contributed by atoms with Crippen molar-refractivity contribution in [1.82, 2.24) is 4.90 Å². The Morgan fingerprint density at radius 2 is 2.05 bits per heavy atom. The molecule has 1 aliphatic carbocycles. The van der Waals surface area contributed by atoms with Crippen LogP contribution in [0.1, 0.15) is 50.7 Å². The van der Waals surface area contributed by atoms with Gasteiger partial charge in [-0.2, -0.15) is 0 Å². The average Bonchev–Trinajstić information content (AvgIpc) is 3.20. The number of carbonyl (C=O) groups excluding carboxylic acids is 1. The Balaban J connectivity index is 1.65. The van der Waals surface area contributed by atoms with Gasteiger partial charge in [0.2, 0.25) is 0 Å². The Hall–Kier alpha value is -1.29. The standard InChI is InChI=1S/C17H25NO3/c19-17(16-9-5-11-21-16)18(13-15-8-4-10-20-15)12-14-6-2-1-3-7-14/h4,8,10,14,16H,1-3,5-7,9,11-13H2/t16-/m1/s1. The Kier molecular flexibility index (Phi) is 4.96. The van der Waals surface area contributed by atoms with Gasteiger partial charge in [0.25, 0.3) is 5.91 Å². The minimum absolute atomic E-state index is 0.148. The molecule has 21 heavy (non-hydrogen) atoms. The van der Waals surface area contributed by atoms with E-state index in [2.05, 4.69) is 0 Å². The molecule has 1 aromatic heterocycles. The van der Waals surface area contributed by atoms with Crippen LogP contribution >= 0.6 is 0 Å². The van der Waals surface area contributed by atoms with Crippen LogP contribution in [0.25, 0.3) is 0 Å². The molecule has 0 radical (unpaired) electrons. The highest BCUT2D eigenvalue weighted by Crippen LogP contribution is 2.26. The van der Waals surface area contributed by atoms with Crippen molar-refractivity contribution in [1.29, 1.82) is 0 Å². The smallest absolute Gasteiger partial charge is 0.252 e. The van der Waals surface area contributed by atoms with Gasteiger partial charge >= 0.3 is 0 Å². The first-order valence-corrected chi connectivity index (χ1v) is 8.25. The van der Waals surface area contributed by atoms with Crippen LogP contribution in [0.4, 0.5) is 0 Å². The van der Waals surface area contributed by atoms with Crippen LogP contribution in [0, 0.1) is 5.92 Å². The predicted molar refractivity (Wildman–Crippen MR) is 79.7 cm³/mol. The number of furan rings is 1. The monoisotopic (exact) mass is 291 g/mol. The summed E-state index contributed by atoms with van der Waals surface area (Å²) in [4.78, 5) is 14.7. The highest BCUT2D eigenvalue weighted by Gasteiger charge is 2.30. The van der Waals surface area contributed by atoms with Crippen molar-refractivity contribution in [2.75, 3.05) is 13.2 Å². The summed E-state index contributed by atoms with van der Waals surface area (Å²) >= 11 is 0. The largest absolute Gasteiger partial charge is 0.467 e. The van der Waals surface area contributed by atoms with Gasteiger partial charge in [-0.3, -0.25) is 4.79 Å². The molecule has 4 nitrogen and oxygen atoms in total. The van der Waals surface area contributed by atoms with Gasteiger partial charge in [0.1, 0.15) is 11.9 Å². The van der Waals surface area contributed by atoms with Crippen molar-refractivity contribution >= 4 is 5.91 Å². The van der Waals surface area contributed by atoms with Gasteiger partial charge in [-0.05, 0) is 43.7 Å². The second-order valence-electron chi connectivity index (χ2n) is 6.30. The lowest BCUT2D eigenvalue weighted by Crippen LogP contribution is -2.41. The fraction of sp³-hybridized carbons (Fsp3) is 0.706. The maximum absolute atomic E-state index is 12.7. The zero-order valence-corrected chi connectivity index (χ0v) is 12.6. The molecule has 0 spiro atoms. The van der Waals surface area contributed by atoms with Gasteiger partial charge in [-0.25, -0.2) is 0 Å². The van der Waals surface area contributed by atoms with E-state index in [0.29, 0.717) is 19.1 Å². The van der Waals surface area contributed by atoms with E-state index in [9.17, 15) is 4.79 Å². The highest BCUT2D eigenvalue weighted by molar-refractivity contribution is 5.81. The van der Waals surface area contributed by atoms with Gasteiger partial charge in [0.05, 0.1) is 12.8 Å². The topological polar surface area (TPSA) is 42.7 Å². The van der Waals surface area contributed by atoms with Crippen molar-refractivity contribution in [3.05, 3.63) is 24.2 Å². The number of hydrogen-bond acceptors (Lipinski definition) is 3. The van der Waals surface area contributed by atoms with Crippen LogP contribution in [0.2, 0.25) is 0 Å². The van der Waals surface area contributed by atoms with E-state index in [4.69, 9.17) is 9.15 Å². The molecule has 0 aromatic carbocycles. The second-order valence-corrected chi connectivity index (χ2v) is 6.30. The van der Waals surface area contributed by atoms with Gasteiger partial charge in [-0.15, -0.1) is 0 Å². The molecule has 3 rings (SSSR count). The van der Waals surface area contributed by atoms with Gasteiger partial charge < -0.3 is 14.1 Å². The van der Waals surface area contributed by atoms with E-state index in [-0.39, 0.29) is 12.0 Å². The number of carbonyl (C=O) groups is 1. The summed E-state index contributed by atoms with van der Waals surface area (Å²) in [5.74, 6) is 1.64. The van der Waals surface area contributed by atoms with Crippen LogP contribution in [-0.4, -0.2) is 30.1 Å². The second kappa shape index (κ2) is 7.12. The number of nitrogens with zero attached hydrogens (tertiary/aromatic N) is 1. The SMILES string of the molecule is O=C([C@H]1CCCO1)N(Cc1ccco1)CC1CCCCC1. The minimum atomic E-state index is -0.233. The Bertz CT molecular complexity index is 431. The molecule has 1 atom stereocenters. The van der Waals surface area contributed by atoms with Crippen molar-refractivity contribution in [3.8, 4) is 0 Å². The fourth-order valence-corrected chi connectivity index (χ4v) is 3.48. The van der Waals surface area contributed by atoms with Gasteiger partial charge in [-0.1, -0.05) is 19.3 Å². The molecule has 0 N–H and O–H groups in total. The van der Waals surface area contributed by atoms with E-state index >= 15 is 0 Å². The minimum Gasteiger partial charge on any atom is -0.467 e. The van der Waals surface area contributed by atoms with Gasteiger partial charge in [0, 0.05) is 13.2 Å². The summed E-state index contributed by atoms with van der Waals surface area (Å²) in [5, 5.41) is 0. The third kappa shape index (κ3) is 3.88. The Morgan fingerprint density at radius 1 is 1.19 bits per heavy atom. The molecule has 1 aromatic rings. The number of ether oxygens (including phenoxy) is 1. The lowest BCUT2D eigenvalue weighted by molar-refractivity contribution is -0.142. The number of hydrogen-bond donors (Lipinski definition) is 0. The van der Waals surface area contributed by atoms with Crippen LogP contribution in [0.15, 0.2) is 22.8 Å². The molecule has 0 bridgehead atoms. The molecular formula is C17H25NO3. The fourth-order valence-electron chi connectivity index (χ4n) is 3.48. The molecule has 1 saturated carbocycles. The first-order chi connectivity index (χ1) is 10.3. The zero-order valence-electron chi connectivity index (χ0n) is 12.6. The van der Waals surface area contributed by atoms with Crippen LogP contribution in [0.5, 0.6) is 0 Å². The predicted octanol–water partition coefficient (Wildman–Crippen LogP) is 3.37. The average molecular weight is 291 g/mol. The quantitative estimate of drug-likeness (QED) is 0.835. The van der Waals surface area contributed by atoms with E-state index in [1.165, 1.54) is 32.1 Å². The molecule has 116 valence electrons. The lowest BCUT2D eigenvalue weighted by Gasteiger charge is -2.30. The molecule has 1 amide bonds. The van der Waals surface area contributed by atoms with Gasteiger partial charge in [0.15, 0.2) is 0 Å². The third-order valence-corrected chi connectivity index (χ3v) is 4.65. The molecule has 2 aliphatic rings. The normalized spacial score (nSPS) is 23.3. The van der Waals surface area contributed by atoms with E-state index in [0.717, 1.165) is 25.1 Å². The van der Waals surface area contributed by atoms with E-state index in [1.807, 2.05) is 17.0 Å². The van der Waals surface area contributed by atoms with Crippen molar-refractivity contribution in [3.63, 3.8) is 0 Å². The molecule has 4 heteroatoms. The number of rotatable bonds is 5. The molecule has 2 heterocycles. The summed E-state index contributed by atoms with van der Waals surface area (Å²) in [5.41, 5.74) is 0. The van der Waals surface area contributed by atoms with Crippen LogP contribution < -0.4 is 0 Å². The first-order valence-electron chi connectivity index (χ1n) is 8.25. The summed E-state index contributed by atoms with van der Waals surface area (Å²) in [6.45, 7) is 2.13. The van der Waals surface area contributed by atoms with Crippen molar-refractivity contribution < 1.29 is 13.9 Å². The summed E-state index contributed by atoms with van der Waals surface area (Å²) in [7, 11) is 0. The van der Waals surface area contributed by atoms with E-state index in [1.54, 1.807) is 6.26 Å².